The maximum absolute atomic E-state index is 11.7. The summed E-state index contributed by atoms with van der Waals surface area (Å²) < 4.78 is 7.04. The minimum absolute atomic E-state index is 0.0597. The van der Waals surface area contributed by atoms with Crippen LogP contribution in [-0.2, 0) is 22.5 Å². The lowest BCUT2D eigenvalue weighted by Gasteiger charge is -2.24. The van der Waals surface area contributed by atoms with Gasteiger partial charge in [-0.3, -0.25) is 4.79 Å². The van der Waals surface area contributed by atoms with Crippen molar-refractivity contribution in [2.75, 3.05) is 18.6 Å². The Morgan fingerprint density at radius 3 is 3.05 bits per heavy atom. The van der Waals surface area contributed by atoms with Gasteiger partial charge in [-0.1, -0.05) is 11.6 Å². The van der Waals surface area contributed by atoms with Gasteiger partial charge in [0.25, 0.3) is 0 Å². The summed E-state index contributed by atoms with van der Waals surface area (Å²) in [6.45, 7) is 0.665. The number of aromatic nitrogens is 2. The van der Waals surface area contributed by atoms with E-state index in [9.17, 15) is 4.79 Å². The highest BCUT2D eigenvalue weighted by atomic mass is 35.5. The normalized spacial score (nSPS) is 26.2. The molecule has 3 heterocycles. The number of halogens is 1. The van der Waals surface area contributed by atoms with Gasteiger partial charge in [0.1, 0.15) is 5.82 Å². The van der Waals surface area contributed by atoms with Crippen LogP contribution in [0, 0.1) is 5.92 Å². The van der Waals surface area contributed by atoms with Crippen molar-refractivity contribution in [2.24, 2.45) is 5.92 Å². The van der Waals surface area contributed by atoms with Crippen molar-refractivity contribution in [1.82, 2.24) is 9.55 Å². The molecule has 0 saturated carbocycles. The summed E-state index contributed by atoms with van der Waals surface area (Å²) in [6, 6.07) is 0. The molecule has 19 heavy (non-hydrogen) atoms. The number of carbonyl (C=O) groups excluding carboxylic acids is 1. The van der Waals surface area contributed by atoms with Crippen LogP contribution < -0.4 is 0 Å². The maximum atomic E-state index is 11.7. The Labute approximate surface area is 121 Å². The topological polar surface area (TPSA) is 44.1 Å². The minimum Gasteiger partial charge on any atom is -0.469 e. The zero-order chi connectivity index (χ0) is 13.4. The van der Waals surface area contributed by atoms with E-state index in [1.165, 1.54) is 12.9 Å². The average molecular weight is 301 g/mol. The van der Waals surface area contributed by atoms with Crippen molar-refractivity contribution in [2.45, 2.75) is 31.7 Å². The molecule has 2 aliphatic rings. The number of rotatable bonds is 2. The first kappa shape index (κ1) is 13.3. The van der Waals surface area contributed by atoms with Gasteiger partial charge in [-0.05, 0) is 25.0 Å². The molecular weight excluding hydrogens is 284 g/mol. The molecule has 0 bridgehead atoms. The van der Waals surface area contributed by atoms with E-state index in [2.05, 4.69) is 9.55 Å². The van der Waals surface area contributed by atoms with Gasteiger partial charge in [-0.25, -0.2) is 4.98 Å². The highest BCUT2D eigenvalue weighted by molar-refractivity contribution is 7.99. The number of esters is 1. The Bertz CT molecular complexity index is 497. The molecule has 104 valence electrons. The highest BCUT2D eigenvalue weighted by Gasteiger charge is 2.32. The second-order valence-corrected chi connectivity index (χ2v) is 6.65. The van der Waals surface area contributed by atoms with Crippen molar-refractivity contribution in [3.8, 4) is 0 Å². The number of thioether (sulfide) groups is 1. The number of nitrogens with zero attached hydrogens (tertiary/aromatic N) is 2. The summed E-state index contributed by atoms with van der Waals surface area (Å²) in [4.78, 5) is 16.3. The van der Waals surface area contributed by atoms with Gasteiger partial charge in [0.15, 0.2) is 5.15 Å². The molecule has 2 atom stereocenters. The molecule has 4 nitrogen and oxygen atoms in total. The largest absolute Gasteiger partial charge is 0.469 e. The minimum atomic E-state index is -0.123. The monoisotopic (exact) mass is 300 g/mol. The molecule has 0 amide bonds. The van der Waals surface area contributed by atoms with Gasteiger partial charge in [0.05, 0.1) is 18.7 Å². The smallest absolute Gasteiger partial charge is 0.310 e. The SMILES string of the molecule is COC(=O)C1CCc2c(Cl)nc(C3CCSC3)n2C1. The second kappa shape index (κ2) is 5.37. The van der Waals surface area contributed by atoms with Crippen LogP contribution in [-0.4, -0.2) is 34.1 Å². The van der Waals surface area contributed by atoms with E-state index in [1.54, 1.807) is 0 Å². The Hall–Kier alpha value is -0.680. The van der Waals surface area contributed by atoms with Crippen LogP contribution in [0.1, 0.15) is 30.3 Å². The third-order valence-electron chi connectivity index (χ3n) is 4.02. The summed E-state index contributed by atoms with van der Waals surface area (Å²) in [6.07, 6.45) is 2.77. The van der Waals surface area contributed by atoms with Crippen molar-refractivity contribution in [1.29, 1.82) is 0 Å². The van der Waals surface area contributed by atoms with Crippen molar-refractivity contribution in [3.63, 3.8) is 0 Å². The molecule has 1 aromatic heterocycles. The molecule has 3 rings (SSSR count). The maximum Gasteiger partial charge on any atom is 0.310 e. The van der Waals surface area contributed by atoms with Gasteiger partial charge in [-0.15, -0.1) is 0 Å². The fourth-order valence-corrected chi connectivity index (χ4v) is 4.45. The first-order valence-corrected chi connectivity index (χ1v) is 8.14. The van der Waals surface area contributed by atoms with E-state index in [-0.39, 0.29) is 11.9 Å². The lowest BCUT2D eigenvalue weighted by Crippen LogP contribution is -2.29. The van der Waals surface area contributed by atoms with Gasteiger partial charge in [0, 0.05) is 18.2 Å². The lowest BCUT2D eigenvalue weighted by molar-refractivity contribution is -0.146. The van der Waals surface area contributed by atoms with E-state index in [4.69, 9.17) is 16.3 Å². The molecule has 0 radical (unpaired) electrons. The number of ether oxygens (including phenoxy) is 1. The third kappa shape index (κ3) is 2.38. The summed E-state index contributed by atoms with van der Waals surface area (Å²) in [7, 11) is 1.45. The molecule has 1 saturated heterocycles. The van der Waals surface area contributed by atoms with Crippen LogP contribution in [0.3, 0.4) is 0 Å². The van der Waals surface area contributed by atoms with E-state index < -0.39 is 0 Å². The van der Waals surface area contributed by atoms with Crippen LogP contribution in [0.15, 0.2) is 0 Å². The zero-order valence-corrected chi connectivity index (χ0v) is 12.5. The van der Waals surface area contributed by atoms with E-state index >= 15 is 0 Å². The van der Waals surface area contributed by atoms with Gasteiger partial charge in [-0.2, -0.15) is 11.8 Å². The first-order chi connectivity index (χ1) is 9.20. The molecule has 2 unspecified atom stereocenters. The number of imidazole rings is 1. The van der Waals surface area contributed by atoms with E-state index in [0.29, 0.717) is 17.6 Å². The Morgan fingerprint density at radius 1 is 1.53 bits per heavy atom. The molecule has 0 N–H and O–H groups in total. The Kier molecular flexibility index (Phi) is 3.76. The number of methoxy groups -OCH3 is 1. The molecular formula is C13H17ClN2O2S. The molecule has 2 aliphatic heterocycles. The molecule has 1 aromatic rings. The molecule has 6 heteroatoms. The van der Waals surface area contributed by atoms with Crippen LogP contribution >= 0.6 is 23.4 Å². The van der Waals surface area contributed by atoms with Gasteiger partial charge in [0.2, 0.25) is 0 Å². The van der Waals surface area contributed by atoms with Crippen LogP contribution in [0.2, 0.25) is 5.15 Å². The summed E-state index contributed by atoms with van der Waals surface area (Å²) in [5, 5.41) is 0.621. The van der Waals surface area contributed by atoms with Gasteiger partial charge >= 0.3 is 5.97 Å². The lowest BCUT2D eigenvalue weighted by atomic mass is 9.97. The summed E-state index contributed by atoms with van der Waals surface area (Å²) in [5.74, 6) is 3.66. The number of fused-ring (bicyclic) bond motifs is 1. The predicted octanol–water partition coefficient (Wildman–Crippen LogP) is 2.49. The average Bonchev–Trinajstić information content (AvgIpc) is 3.06. The number of carbonyl (C=O) groups is 1. The second-order valence-electron chi connectivity index (χ2n) is 5.14. The molecule has 0 spiro atoms. The van der Waals surface area contributed by atoms with Crippen molar-refractivity contribution < 1.29 is 9.53 Å². The van der Waals surface area contributed by atoms with Crippen LogP contribution in [0.25, 0.3) is 0 Å². The van der Waals surface area contributed by atoms with E-state index in [1.807, 2.05) is 11.8 Å². The van der Waals surface area contributed by atoms with Crippen molar-refractivity contribution >= 4 is 29.3 Å². The van der Waals surface area contributed by atoms with Crippen LogP contribution in [0.5, 0.6) is 0 Å². The Balaban J connectivity index is 1.90. The summed E-state index contributed by atoms with van der Waals surface area (Å²) in [5.41, 5.74) is 1.09. The fraction of sp³-hybridized carbons (Fsp3) is 0.692. The zero-order valence-electron chi connectivity index (χ0n) is 10.9. The fourth-order valence-electron chi connectivity index (χ4n) is 2.95. The standard InChI is InChI=1S/C13H17ClN2O2S/c1-18-13(17)8-2-3-10-11(14)15-12(16(10)6-8)9-4-5-19-7-9/h8-9H,2-7H2,1H3. The van der Waals surface area contributed by atoms with E-state index in [0.717, 1.165) is 36.5 Å². The highest BCUT2D eigenvalue weighted by Crippen LogP contribution is 2.36. The predicted molar refractivity (Wildman–Crippen MR) is 75.7 cm³/mol. The number of hydrogen-bond acceptors (Lipinski definition) is 4. The Morgan fingerprint density at radius 2 is 2.37 bits per heavy atom. The third-order valence-corrected chi connectivity index (χ3v) is 5.48. The summed E-state index contributed by atoms with van der Waals surface area (Å²) >= 11 is 8.21. The van der Waals surface area contributed by atoms with Crippen LogP contribution in [0.4, 0.5) is 0 Å². The molecule has 0 aromatic carbocycles. The number of hydrogen-bond donors (Lipinski definition) is 0. The molecule has 1 fully saturated rings. The van der Waals surface area contributed by atoms with Crippen molar-refractivity contribution in [3.05, 3.63) is 16.7 Å². The first-order valence-electron chi connectivity index (χ1n) is 6.61. The quantitative estimate of drug-likeness (QED) is 0.787. The molecule has 0 aliphatic carbocycles. The van der Waals surface area contributed by atoms with Gasteiger partial charge < -0.3 is 9.30 Å².